The van der Waals surface area contributed by atoms with Crippen molar-refractivity contribution in [3.8, 4) is 0 Å². The molecule has 0 saturated carbocycles. The molecule has 0 radical (unpaired) electrons. The maximum absolute atomic E-state index is 13.5. The van der Waals surface area contributed by atoms with Crippen molar-refractivity contribution in [3.05, 3.63) is 53.7 Å². The van der Waals surface area contributed by atoms with Crippen LogP contribution in [0.25, 0.3) is 43.7 Å². The van der Waals surface area contributed by atoms with Gasteiger partial charge in [0.25, 0.3) is 11.8 Å². The number of para-hydroxylation sites is 1. The third-order valence-electron chi connectivity index (χ3n) is 8.10. The van der Waals surface area contributed by atoms with Crippen LogP contribution in [0, 0.1) is 0 Å². The molecule has 2 aromatic carbocycles. The maximum Gasteiger partial charge on any atom is 0.262 e. The van der Waals surface area contributed by atoms with Crippen molar-refractivity contribution in [2.24, 2.45) is 0 Å². The molecular formula is C26H20N4O6. The summed E-state index contributed by atoms with van der Waals surface area (Å²) < 4.78 is 10.0. The highest BCUT2D eigenvalue weighted by atomic mass is 16.5. The Morgan fingerprint density at radius 1 is 0.917 bits per heavy atom. The van der Waals surface area contributed by atoms with Crippen molar-refractivity contribution in [3.63, 3.8) is 0 Å². The van der Waals surface area contributed by atoms with E-state index in [2.05, 4.69) is 4.98 Å². The van der Waals surface area contributed by atoms with Crippen LogP contribution in [0.4, 0.5) is 0 Å². The number of aliphatic hydroxyl groups is 3. The zero-order valence-electron chi connectivity index (χ0n) is 19.0. The minimum Gasteiger partial charge on any atom is -0.394 e. The number of carbonyl (C=O) groups is 2. The Hall–Kier alpha value is -3.83. The summed E-state index contributed by atoms with van der Waals surface area (Å²) >= 11 is 0. The summed E-state index contributed by atoms with van der Waals surface area (Å²) in [4.78, 5) is 32.7. The SMILES string of the molecule is CN1C(=O)c2c(c3c4ccccc4n4c3c3c2c2cccnc2n3[C@H]2[C@@H](O)[C@H](O)[C@@H](CO)O[C@H]24)C1=O. The van der Waals surface area contributed by atoms with Gasteiger partial charge < -0.3 is 29.2 Å². The average Bonchev–Trinajstić information content (AvgIpc) is 3.49. The number of pyridine rings is 1. The molecular weight excluding hydrogens is 464 g/mol. The van der Waals surface area contributed by atoms with Gasteiger partial charge in [0.15, 0.2) is 6.23 Å². The lowest BCUT2D eigenvalue weighted by Crippen LogP contribution is -2.55. The Labute approximate surface area is 202 Å². The Kier molecular flexibility index (Phi) is 3.67. The van der Waals surface area contributed by atoms with Gasteiger partial charge in [0.1, 0.15) is 30.0 Å². The van der Waals surface area contributed by atoms with Crippen molar-refractivity contribution in [1.29, 1.82) is 0 Å². The lowest BCUT2D eigenvalue weighted by atomic mass is 9.93. The largest absolute Gasteiger partial charge is 0.394 e. The standard InChI is InChI=1S/C26H20N4O6/c1-28-24(34)16-14-10-5-2-3-7-12(10)29-18(14)19-15(17(16)25(28)35)11-6-4-8-27-23(11)30(19)20-22(33)21(32)13(9-31)36-26(20)29/h2-8,13,20-22,26,31-33H,9H2,1H3/t13-,20+,21-,22-,26-/m1/s1. The summed E-state index contributed by atoms with van der Waals surface area (Å²) in [5.41, 5.74) is 3.29. The topological polar surface area (TPSA) is 130 Å². The average molecular weight is 484 g/mol. The summed E-state index contributed by atoms with van der Waals surface area (Å²) in [6.45, 7) is -0.474. The molecule has 6 heterocycles. The molecule has 1 fully saturated rings. The highest BCUT2D eigenvalue weighted by Crippen LogP contribution is 2.53. The number of hydrogen-bond donors (Lipinski definition) is 3. The predicted molar refractivity (Wildman–Crippen MR) is 129 cm³/mol. The number of hydrogen-bond acceptors (Lipinski definition) is 7. The first-order valence-corrected chi connectivity index (χ1v) is 11.8. The monoisotopic (exact) mass is 484 g/mol. The smallest absolute Gasteiger partial charge is 0.262 e. The zero-order chi connectivity index (χ0) is 24.6. The summed E-state index contributed by atoms with van der Waals surface area (Å²) in [6, 6.07) is 10.4. The Morgan fingerprint density at radius 3 is 2.33 bits per heavy atom. The molecule has 2 amide bonds. The van der Waals surface area contributed by atoms with Crippen LogP contribution in [0.3, 0.4) is 0 Å². The molecule has 3 N–H and O–H groups in total. The highest BCUT2D eigenvalue weighted by Gasteiger charge is 2.51. The second-order valence-corrected chi connectivity index (χ2v) is 9.72. The summed E-state index contributed by atoms with van der Waals surface area (Å²) in [6.07, 6.45) is -2.81. The number of fused-ring (bicyclic) bond motifs is 12. The second kappa shape index (κ2) is 6.48. The van der Waals surface area contributed by atoms with Crippen LogP contribution in [0.15, 0.2) is 42.6 Å². The summed E-state index contributed by atoms with van der Waals surface area (Å²) in [7, 11) is 1.48. The van der Waals surface area contributed by atoms with Crippen LogP contribution in [0.5, 0.6) is 0 Å². The van der Waals surface area contributed by atoms with Gasteiger partial charge in [0, 0.05) is 34.8 Å². The number of amides is 2. The van der Waals surface area contributed by atoms with Crippen molar-refractivity contribution in [2.75, 3.05) is 13.7 Å². The first kappa shape index (κ1) is 20.4. The molecule has 3 aliphatic heterocycles. The number of rotatable bonds is 1. The van der Waals surface area contributed by atoms with Crippen LogP contribution in [-0.2, 0) is 4.74 Å². The molecule has 36 heavy (non-hydrogen) atoms. The molecule has 8 rings (SSSR count). The Bertz CT molecular complexity index is 1840. The first-order valence-electron chi connectivity index (χ1n) is 11.8. The number of nitrogens with zero attached hydrogens (tertiary/aromatic N) is 4. The first-order chi connectivity index (χ1) is 17.5. The van der Waals surface area contributed by atoms with Crippen LogP contribution >= 0.6 is 0 Å². The van der Waals surface area contributed by atoms with Gasteiger partial charge >= 0.3 is 0 Å². The van der Waals surface area contributed by atoms with E-state index in [9.17, 15) is 24.9 Å². The molecule has 5 atom stereocenters. The number of benzene rings is 2. The van der Waals surface area contributed by atoms with Crippen LogP contribution in [0.2, 0.25) is 0 Å². The molecule has 3 aliphatic rings. The summed E-state index contributed by atoms with van der Waals surface area (Å²) in [5, 5.41) is 34.8. The van der Waals surface area contributed by atoms with Crippen molar-refractivity contribution in [2.45, 2.75) is 30.6 Å². The van der Waals surface area contributed by atoms with Crippen LogP contribution in [0.1, 0.15) is 33.0 Å². The van der Waals surface area contributed by atoms with Gasteiger partial charge in [0.05, 0.1) is 34.3 Å². The van der Waals surface area contributed by atoms with E-state index in [1.807, 2.05) is 39.5 Å². The van der Waals surface area contributed by atoms with E-state index in [-0.39, 0.29) is 11.8 Å². The molecule has 0 unspecified atom stereocenters. The minimum absolute atomic E-state index is 0.322. The van der Waals surface area contributed by atoms with E-state index in [4.69, 9.17) is 4.74 Å². The quantitative estimate of drug-likeness (QED) is 0.309. The fourth-order valence-corrected chi connectivity index (χ4v) is 6.61. The fourth-order valence-electron chi connectivity index (χ4n) is 6.61. The number of ether oxygens (including phenoxy) is 1. The molecule has 10 heteroatoms. The van der Waals surface area contributed by atoms with E-state index < -0.39 is 37.2 Å². The molecule has 1 saturated heterocycles. The third-order valence-corrected chi connectivity index (χ3v) is 8.10. The molecule has 0 spiro atoms. The number of aromatic nitrogens is 3. The second-order valence-electron chi connectivity index (χ2n) is 9.72. The lowest BCUT2D eigenvalue weighted by Gasteiger charge is -2.46. The molecule has 0 bridgehead atoms. The molecule has 5 aromatic rings. The molecule has 10 nitrogen and oxygen atoms in total. The third kappa shape index (κ3) is 2.04. The highest BCUT2D eigenvalue weighted by molar-refractivity contribution is 6.39. The molecule has 3 aromatic heterocycles. The normalized spacial score (nSPS) is 27.2. The lowest BCUT2D eigenvalue weighted by molar-refractivity contribution is -0.224. The maximum atomic E-state index is 13.5. The van der Waals surface area contributed by atoms with Gasteiger partial charge in [-0.1, -0.05) is 18.2 Å². The van der Waals surface area contributed by atoms with Crippen LogP contribution in [-0.4, -0.2) is 78.1 Å². The predicted octanol–water partition coefficient (Wildman–Crippen LogP) is 1.69. The van der Waals surface area contributed by atoms with Crippen molar-refractivity contribution >= 4 is 55.6 Å². The number of carbonyl (C=O) groups excluding carboxylic acids is 2. The van der Waals surface area contributed by atoms with Gasteiger partial charge in [-0.25, -0.2) is 4.98 Å². The molecule has 180 valence electrons. The van der Waals surface area contributed by atoms with Gasteiger partial charge in [-0.15, -0.1) is 0 Å². The number of imide groups is 1. The molecule has 0 aliphatic carbocycles. The zero-order valence-corrected chi connectivity index (χ0v) is 19.0. The van der Waals surface area contributed by atoms with E-state index in [1.165, 1.54) is 7.05 Å². The van der Waals surface area contributed by atoms with Gasteiger partial charge in [-0.2, -0.15) is 0 Å². The van der Waals surface area contributed by atoms with E-state index in [0.29, 0.717) is 44.0 Å². The van der Waals surface area contributed by atoms with E-state index in [1.54, 1.807) is 12.3 Å². The Morgan fingerprint density at radius 2 is 1.58 bits per heavy atom. The Balaban J connectivity index is 1.69. The van der Waals surface area contributed by atoms with Gasteiger partial charge in [-0.3, -0.25) is 14.5 Å². The van der Waals surface area contributed by atoms with Gasteiger partial charge in [0.2, 0.25) is 0 Å². The van der Waals surface area contributed by atoms with E-state index in [0.717, 1.165) is 15.8 Å². The van der Waals surface area contributed by atoms with Crippen LogP contribution < -0.4 is 0 Å². The van der Waals surface area contributed by atoms with Crippen molar-refractivity contribution in [1.82, 2.24) is 19.0 Å². The summed E-state index contributed by atoms with van der Waals surface area (Å²) in [5.74, 6) is -0.764. The van der Waals surface area contributed by atoms with Gasteiger partial charge in [-0.05, 0) is 18.2 Å². The van der Waals surface area contributed by atoms with E-state index >= 15 is 0 Å². The fraction of sp³-hybridized carbons (Fsp3) is 0.269. The minimum atomic E-state index is -1.34. The van der Waals surface area contributed by atoms with Crippen molar-refractivity contribution < 1.29 is 29.6 Å². The number of aliphatic hydroxyl groups excluding tert-OH is 3.